The first kappa shape index (κ1) is 21.3. The van der Waals surface area contributed by atoms with Crippen LogP contribution in [-0.2, 0) is 38.1 Å². The number of carbonyl (C=O) groups excluding carboxylic acids is 3. The summed E-state index contributed by atoms with van der Waals surface area (Å²) in [6, 6.07) is 0. The number of aliphatic hydroxyl groups excluding tert-OH is 1. The van der Waals surface area contributed by atoms with Gasteiger partial charge < -0.3 is 28.8 Å². The molecule has 9 heteroatoms. The molecule has 166 valence electrons. The first-order valence-electron chi connectivity index (χ1n) is 10.1. The topological polar surface area (TPSA) is 121 Å². The lowest BCUT2D eigenvalue weighted by Crippen LogP contribution is -2.68. The van der Waals surface area contributed by atoms with Crippen molar-refractivity contribution in [1.29, 1.82) is 0 Å². The number of carbonyl (C=O) groups is 3. The Morgan fingerprint density at radius 3 is 2.33 bits per heavy atom. The highest BCUT2D eigenvalue weighted by Gasteiger charge is 2.86. The molecule has 0 aromatic rings. The highest BCUT2D eigenvalue weighted by atomic mass is 16.7. The molecule has 0 aromatic heterocycles. The van der Waals surface area contributed by atoms with E-state index in [-0.39, 0.29) is 13.0 Å². The SMILES string of the molecule is CC(=O)OC[C@]12C[C@H](OC(C)=O)C(C)=CC1OC1[C@H](O)C(OC(C)=O)C2(C)[C@]12CO2. The van der Waals surface area contributed by atoms with E-state index in [9.17, 15) is 19.5 Å². The molecule has 2 aliphatic carbocycles. The summed E-state index contributed by atoms with van der Waals surface area (Å²) >= 11 is 0. The fourth-order valence-corrected chi connectivity index (χ4v) is 5.92. The van der Waals surface area contributed by atoms with Crippen LogP contribution in [0.1, 0.15) is 41.0 Å². The van der Waals surface area contributed by atoms with Gasteiger partial charge in [0.15, 0.2) is 0 Å². The van der Waals surface area contributed by atoms with Gasteiger partial charge in [-0.05, 0) is 12.5 Å². The van der Waals surface area contributed by atoms with E-state index in [2.05, 4.69) is 0 Å². The molecular weight excluding hydrogens is 396 g/mol. The number of aliphatic hydroxyl groups is 1. The fraction of sp³-hybridized carbons (Fsp3) is 0.762. The van der Waals surface area contributed by atoms with Crippen molar-refractivity contribution in [3.63, 3.8) is 0 Å². The first-order chi connectivity index (χ1) is 14.0. The summed E-state index contributed by atoms with van der Waals surface area (Å²) in [4.78, 5) is 35.4. The molecule has 8 atom stereocenters. The second kappa shape index (κ2) is 6.77. The zero-order chi connectivity index (χ0) is 22.1. The second-order valence-corrected chi connectivity index (χ2v) is 9.03. The minimum absolute atomic E-state index is 0.0621. The Hall–Kier alpha value is -1.97. The number of esters is 3. The largest absolute Gasteiger partial charge is 0.465 e. The molecule has 1 spiro atoms. The van der Waals surface area contributed by atoms with Crippen LogP contribution in [0.15, 0.2) is 11.6 Å². The van der Waals surface area contributed by atoms with Gasteiger partial charge in [0.2, 0.25) is 0 Å². The third kappa shape index (κ3) is 2.68. The molecule has 1 saturated carbocycles. The lowest BCUT2D eigenvalue weighted by molar-refractivity contribution is -0.241. The Morgan fingerprint density at radius 1 is 1.17 bits per heavy atom. The van der Waals surface area contributed by atoms with Gasteiger partial charge in [-0.25, -0.2) is 0 Å². The number of fused-ring (bicyclic) bond motifs is 2. The molecule has 3 fully saturated rings. The van der Waals surface area contributed by atoms with Crippen molar-refractivity contribution in [3.05, 3.63) is 11.6 Å². The number of epoxide rings is 1. The molecular formula is C21H28O9. The van der Waals surface area contributed by atoms with Crippen LogP contribution in [0.3, 0.4) is 0 Å². The third-order valence-electron chi connectivity index (χ3n) is 7.46. The monoisotopic (exact) mass is 424 g/mol. The predicted octanol–water partition coefficient (Wildman–Crippen LogP) is 0.667. The molecule has 2 heterocycles. The van der Waals surface area contributed by atoms with Gasteiger partial charge in [0, 0.05) is 27.2 Å². The molecule has 30 heavy (non-hydrogen) atoms. The van der Waals surface area contributed by atoms with Crippen LogP contribution < -0.4 is 0 Å². The van der Waals surface area contributed by atoms with E-state index in [0.717, 1.165) is 5.57 Å². The molecule has 4 unspecified atom stereocenters. The normalized spacial score (nSPS) is 45.9. The Bertz CT molecular complexity index is 815. The molecule has 0 aromatic carbocycles. The molecule has 4 aliphatic rings. The highest BCUT2D eigenvalue weighted by molar-refractivity contribution is 5.67. The zero-order valence-corrected chi connectivity index (χ0v) is 17.8. The number of rotatable bonds is 4. The minimum atomic E-state index is -1.11. The number of ether oxygens (including phenoxy) is 5. The summed E-state index contributed by atoms with van der Waals surface area (Å²) in [5.41, 5.74) is -1.99. The maximum absolute atomic E-state index is 11.9. The molecule has 0 amide bonds. The lowest BCUT2D eigenvalue weighted by Gasteiger charge is -2.58. The van der Waals surface area contributed by atoms with Gasteiger partial charge in [0.1, 0.15) is 36.6 Å². The standard InChI is InChI=1S/C21H28O9/c1-10-6-15-20(8-26-11(2)22,7-14(10)28-12(3)23)19(5)17(29-13(4)24)16(25)18(30-15)21(19)9-27-21/h6,14-18,25H,7-9H2,1-5H3/t14-,15?,16+,17?,18?,19?,20+,21-/m0/s1. The first-order valence-corrected chi connectivity index (χ1v) is 10.1. The van der Waals surface area contributed by atoms with E-state index in [1.54, 1.807) is 0 Å². The van der Waals surface area contributed by atoms with Gasteiger partial charge in [-0.1, -0.05) is 13.0 Å². The van der Waals surface area contributed by atoms with Crippen LogP contribution in [0.25, 0.3) is 0 Å². The van der Waals surface area contributed by atoms with E-state index in [4.69, 9.17) is 23.7 Å². The van der Waals surface area contributed by atoms with Gasteiger partial charge in [0.25, 0.3) is 0 Å². The van der Waals surface area contributed by atoms with Crippen LogP contribution in [0.2, 0.25) is 0 Å². The van der Waals surface area contributed by atoms with E-state index < -0.39 is 64.9 Å². The van der Waals surface area contributed by atoms with Crippen molar-refractivity contribution in [1.82, 2.24) is 0 Å². The van der Waals surface area contributed by atoms with Crippen molar-refractivity contribution in [2.75, 3.05) is 13.2 Å². The average molecular weight is 424 g/mol. The molecule has 2 bridgehead atoms. The van der Waals surface area contributed by atoms with E-state index in [0.29, 0.717) is 6.61 Å². The van der Waals surface area contributed by atoms with Crippen LogP contribution in [0.5, 0.6) is 0 Å². The fourth-order valence-electron chi connectivity index (χ4n) is 5.92. The van der Waals surface area contributed by atoms with Crippen molar-refractivity contribution in [3.8, 4) is 0 Å². The molecule has 2 aliphatic heterocycles. The van der Waals surface area contributed by atoms with Crippen molar-refractivity contribution >= 4 is 17.9 Å². The third-order valence-corrected chi connectivity index (χ3v) is 7.46. The predicted molar refractivity (Wildman–Crippen MR) is 100 cm³/mol. The highest BCUT2D eigenvalue weighted by Crippen LogP contribution is 2.72. The quantitative estimate of drug-likeness (QED) is 0.300. The Morgan fingerprint density at radius 2 is 1.80 bits per heavy atom. The van der Waals surface area contributed by atoms with Gasteiger partial charge in [0.05, 0.1) is 23.5 Å². The van der Waals surface area contributed by atoms with Gasteiger partial charge in [-0.3, -0.25) is 14.4 Å². The van der Waals surface area contributed by atoms with Crippen LogP contribution in [-0.4, -0.2) is 72.3 Å². The number of hydrogen-bond donors (Lipinski definition) is 1. The maximum atomic E-state index is 11.9. The Kier molecular flexibility index (Phi) is 4.80. The van der Waals surface area contributed by atoms with E-state index in [1.165, 1.54) is 20.8 Å². The summed E-state index contributed by atoms with van der Waals surface area (Å²) in [5.74, 6) is -1.45. The minimum Gasteiger partial charge on any atom is -0.465 e. The van der Waals surface area contributed by atoms with E-state index >= 15 is 0 Å². The van der Waals surface area contributed by atoms with Crippen LogP contribution in [0, 0.1) is 10.8 Å². The maximum Gasteiger partial charge on any atom is 0.303 e. The second-order valence-electron chi connectivity index (χ2n) is 9.03. The van der Waals surface area contributed by atoms with Gasteiger partial charge in [-0.15, -0.1) is 0 Å². The van der Waals surface area contributed by atoms with Crippen LogP contribution in [0.4, 0.5) is 0 Å². The van der Waals surface area contributed by atoms with Gasteiger partial charge >= 0.3 is 17.9 Å². The Labute approximate surface area is 174 Å². The summed E-state index contributed by atoms with van der Waals surface area (Å²) in [6.07, 6.45) is -1.75. The van der Waals surface area contributed by atoms with Crippen LogP contribution >= 0.6 is 0 Å². The number of hydrogen-bond acceptors (Lipinski definition) is 9. The molecule has 2 saturated heterocycles. The van der Waals surface area contributed by atoms with Crippen molar-refractivity contribution in [2.45, 2.75) is 77.2 Å². The smallest absolute Gasteiger partial charge is 0.303 e. The van der Waals surface area contributed by atoms with Crippen molar-refractivity contribution < 1.29 is 43.2 Å². The molecule has 4 rings (SSSR count). The summed E-state index contributed by atoms with van der Waals surface area (Å²) in [6.45, 7) is 7.91. The van der Waals surface area contributed by atoms with Gasteiger partial charge in [-0.2, -0.15) is 0 Å². The lowest BCUT2D eigenvalue weighted by atomic mass is 9.51. The van der Waals surface area contributed by atoms with Crippen molar-refractivity contribution in [2.24, 2.45) is 10.8 Å². The Balaban J connectivity index is 1.87. The average Bonchev–Trinajstić information content (AvgIpc) is 3.42. The summed E-state index contributed by atoms with van der Waals surface area (Å²) in [5, 5.41) is 11.1. The molecule has 9 nitrogen and oxygen atoms in total. The summed E-state index contributed by atoms with van der Waals surface area (Å²) in [7, 11) is 0. The molecule has 0 radical (unpaired) electrons. The zero-order valence-electron chi connectivity index (χ0n) is 17.8. The summed E-state index contributed by atoms with van der Waals surface area (Å²) < 4.78 is 28.9. The molecule has 1 N–H and O–H groups in total. The van der Waals surface area contributed by atoms with E-state index in [1.807, 2.05) is 19.9 Å².